The molecule has 0 heterocycles. The van der Waals surface area contributed by atoms with E-state index in [1.807, 2.05) is 0 Å². The van der Waals surface area contributed by atoms with Crippen molar-refractivity contribution >= 4 is 21.9 Å². The first kappa shape index (κ1) is 16.1. The number of nitrogens with one attached hydrogen (secondary N) is 1. The molecule has 0 saturated carbocycles. The minimum atomic E-state index is -3.52. The number of sulfonamides is 1. The summed E-state index contributed by atoms with van der Waals surface area (Å²) < 4.78 is 25.8. The molecule has 0 bridgehead atoms. The Morgan fingerprint density at radius 2 is 1.80 bits per heavy atom. The van der Waals surface area contributed by atoms with E-state index in [-0.39, 0.29) is 24.3 Å². The second kappa shape index (κ2) is 7.01. The summed E-state index contributed by atoms with van der Waals surface area (Å²) >= 11 is 0. The van der Waals surface area contributed by atoms with Crippen molar-refractivity contribution < 1.29 is 23.1 Å². The standard InChI is InChI=1S/C12H16N2O5S/c13-11(15)2-1-7-14-20(18,19)8-9-3-5-10(6-4-9)12(16)17/h3-6,14H,1-2,7-8H2,(H2,13,15)(H,16,17). The van der Waals surface area contributed by atoms with Crippen molar-refractivity contribution in [1.29, 1.82) is 0 Å². The van der Waals surface area contributed by atoms with Crippen LogP contribution in [0.15, 0.2) is 24.3 Å². The highest BCUT2D eigenvalue weighted by molar-refractivity contribution is 7.88. The monoisotopic (exact) mass is 300 g/mol. The van der Waals surface area contributed by atoms with Crippen molar-refractivity contribution in [2.24, 2.45) is 5.73 Å². The van der Waals surface area contributed by atoms with Crippen molar-refractivity contribution in [2.75, 3.05) is 6.54 Å². The summed E-state index contributed by atoms with van der Waals surface area (Å²) in [5.41, 5.74) is 5.52. The molecule has 4 N–H and O–H groups in total. The van der Waals surface area contributed by atoms with Crippen LogP contribution in [0.25, 0.3) is 0 Å². The fourth-order valence-electron chi connectivity index (χ4n) is 1.50. The fourth-order valence-corrected chi connectivity index (χ4v) is 2.69. The first-order valence-electron chi connectivity index (χ1n) is 5.88. The van der Waals surface area contributed by atoms with Crippen LogP contribution in [0.2, 0.25) is 0 Å². The predicted molar refractivity (Wildman–Crippen MR) is 72.5 cm³/mol. The SMILES string of the molecule is NC(=O)CCCNS(=O)(=O)Cc1ccc(C(=O)O)cc1. The molecule has 0 aliphatic carbocycles. The molecule has 0 unspecified atom stereocenters. The quantitative estimate of drug-likeness (QED) is 0.585. The van der Waals surface area contributed by atoms with Crippen LogP contribution in [0.3, 0.4) is 0 Å². The number of nitrogens with two attached hydrogens (primary N) is 1. The molecule has 0 aliphatic rings. The van der Waals surface area contributed by atoms with E-state index >= 15 is 0 Å². The lowest BCUT2D eigenvalue weighted by atomic mass is 10.1. The van der Waals surface area contributed by atoms with E-state index in [1.165, 1.54) is 24.3 Å². The van der Waals surface area contributed by atoms with Crippen molar-refractivity contribution in [2.45, 2.75) is 18.6 Å². The van der Waals surface area contributed by atoms with E-state index in [9.17, 15) is 18.0 Å². The number of hydrogen-bond acceptors (Lipinski definition) is 4. The van der Waals surface area contributed by atoms with Gasteiger partial charge in [0.25, 0.3) is 0 Å². The second-order valence-corrected chi connectivity index (χ2v) is 6.03. The zero-order chi connectivity index (χ0) is 15.2. The summed E-state index contributed by atoms with van der Waals surface area (Å²) in [7, 11) is -3.52. The number of primary amides is 1. The molecule has 0 aliphatic heterocycles. The molecule has 7 nitrogen and oxygen atoms in total. The lowest BCUT2D eigenvalue weighted by molar-refractivity contribution is -0.118. The van der Waals surface area contributed by atoms with Gasteiger partial charge in [-0.2, -0.15) is 0 Å². The molecule has 8 heteroatoms. The summed E-state index contributed by atoms with van der Waals surface area (Å²) in [5, 5.41) is 8.73. The van der Waals surface area contributed by atoms with Gasteiger partial charge in [-0.05, 0) is 24.1 Å². The molecule has 1 aromatic carbocycles. The minimum Gasteiger partial charge on any atom is -0.478 e. The number of carbonyl (C=O) groups is 2. The van der Waals surface area contributed by atoms with Gasteiger partial charge in [0.05, 0.1) is 11.3 Å². The Labute approximate surface area is 116 Å². The molecular formula is C12H16N2O5S. The molecule has 110 valence electrons. The van der Waals surface area contributed by atoms with Gasteiger partial charge in [-0.1, -0.05) is 12.1 Å². The highest BCUT2D eigenvalue weighted by Gasteiger charge is 2.11. The van der Waals surface area contributed by atoms with Crippen LogP contribution in [-0.2, 0) is 20.6 Å². The summed E-state index contributed by atoms with van der Waals surface area (Å²) in [4.78, 5) is 21.2. The van der Waals surface area contributed by atoms with E-state index in [2.05, 4.69) is 4.72 Å². The lowest BCUT2D eigenvalue weighted by Gasteiger charge is -2.06. The Hall–Kier alpha value is -1.93. The van der Waals surface area contributed by atoms with Gasteiger partial charge in [-0.15, -0.1) is 0 Å². The van der Waals surface area contributed by atoms with Crippen molar-refractivity contribution in [3.05, 3.63) is 35.4 Å². The zero-order valence-corrected chi connectivity index (χ0v) is 11.5. The Morgan fingerprint density at radius 3 is 2.30 bits per heavy atom. The maximum atomic E-state index is 11.7. The van der Waals surface area contributed by atoms with Gasteiger partial charge in [-0.25, -0.2) is 17.9 Å². The third kappa shape index (κ3) is 5.81. The molecule has 0 saturated heterocycles. The number of benzene rings is 1. The maximum absolute atomic E-state index is 11.7. The van der Waals surface area contributed by atoms with Gasteiger partial charge in [0.15, 0.2) is 0 Å². The Bertz CT molecular complexity index is 580. The third-order valence-electron chi connectivity index (χ3n) is 2.48. The highest BCUT2D eigenvalue weighted by atomic mass is 32.2. The number of hydrogen-bond donors (Lipinski definition) is 3. The van der Waals surface area contributed by atoms with Crippen LogP contribution < -0.4 is 10.5 Å². The fraction of sp³-hybridized carbons (Fsp3) is 0.333. The van der Waals surface area contributed by atoms with Crippen LogP contribution in [-0.4, -0.2) is 31.9 Å². The van der Waals surface area contributed by atoms with Crippen LogP contribution in [0, 0.1) is 0 Å². The average molecular weight is 300 g/mol. The summed E-state index contributed by atoms with van der Waals surface area (Å²) in [6, 6.07) is 5.60. The molecule has 0 fully saturated rings. The molecule has 0 spiro atoms. The average Bonchev–Trinajstić information content (AvgIpc) is 2.34. The van der Waals surface area contributed by atoms with E-state index in [0.29, 0.717) is 12.0 Å². The number of carbonyl (C=O) groups excluding carboxylic acids is 1. The normalized spacial score (nSPS) is 11.2. The number of aromatic carboxylic acids is 1. The van der Waals surface area contributed by atoms with E-state index in [4.69, 9.17) is 10.8 Å². The zero-order valence-electron chi connectivity index (χ0n) is 10.7. The smallest absolute Gasteiger partial charge is 0.335 e. The largest absolute Gasteiger partial charge is 0.478 e. The molecular weight excluding hydrogens is 284 g/mol. The summed E-state index contributed by atoms with van der Waals surface area (Å²) in [6.07, 6.45) is 0.461. The number of carboxylic acids is 1. The summed E-state index contributed by atoms with van der Waals surface area (Å²) in [6.45, 7) is 0.137. The molecule has 20 heavy (non-hydrogen) atoms. The summed E-state index contributed by atoms with van der Waals surface area (Å²) in [5.74, 6) is -1.79. The number of carboxylic acid groups (broad SMARTS) is 1. The predicted octanol–water partition coefficient (Wildman–Crippen LogP) is 0.0697. The molecule has 0 radical (unpaired) electrons. The van der Waals surface area contributed by atoms with Gasteiger partial charge in [-0.3, -0.25) is 4.79 Å². The van der Waals surface area contributed by atoms with E-state index in [0.717, 1.165) is 0 Å². The van der Waals surface area contributed by atoms with Gasteiger partial charge in [0, 0.05) is 13.0 Å². The second-order valence-electron chi connectivity index (χ2n) is 4.23. The van der Waals surface area contributed by atoms with Gasteiger partial charge >= 0.3 is 5.97 Å². The third-order valence-corrected chi connectivity index (χ3v) is 3.84. The highest BCUT2D eigenvalue weighted by Crippen LogP contribution is 2.08. The minimum absolute atomic E-state index is 0.0977. The van der Waals surface area contributed by atoms with E-state index in [1.54, 1.807) is 0 Å². The van der Waals surface area contributed by atoms with E-state index < -0.39 is 21.9 Å². The van der Waals surface area contributed by atoms with Crippen molar-refractivity contribution in [1.82, 2.24) is 4.72 Å². The van der Waals surface area contributed by atoms with Crippen LogP contribution in [0.1, 0.15) is 28.8 Å². The van der Waals surface area contributed by atoms with Crippen LogP contribution in [0.5, 0.6) is 0 Å². The van der Waals surface area contributed by atoms with Gasteiger partial charge < -0.3 is 10.8 Å². The number of rotatable bonds is 8. The molecule has 1 rings (SSSR count). The van der Waals surface area contributed by atoms with Crippen molar-refractivity contribution in [3.63, 3.8) is 0 Å². The lowest BCUT2D eigenvalue weighted by Crippen LogP contribution is -2.27. The van der Waals surface area contributed by atoms with Gasteiger partial charge in [0.2, 0.25) is 15.9 Å². The molecule has 1 amide bonds. The number of amides is 1. The topological polar surface area (TPSA) is 127 Å². The first-order valence-corrected chi connectivity index (χ1v) is 7.53. The molecule has 1 aromatic rings. The Balaban J connectivity index is 2.53. The van der Waals surface area contributed by atoms with Crippen LogP contribution >= 0.6 is 0 Å². The Morgan fingerprint density at radius 1 is 1.20 bits per heavy atom. The first-order chi connectivity index (χ1) is 9.30. The van der Waals surface area contributed by atoms with Crippen LogP contribution in [0.4, 0.5) is 0 Å². The maximum Gasteiger partial charge on any atom is 0.335 e. The van der Waals surface area contributed by atoms with Gasteiger partial charge in [0.1, 0.15) is 0 Å². The molecule has 0 aromatic heterocycles. The Kier molecular flexibility index (Phi) is 5.66. The molecule has 0 atom stereocenters. The van der Waals surface area contributed by atoms with Crippen molar-refractivity contribution in [3.8, 4) is 0 Å².